The Morgan fingerprint density at radius 3 is 1.91 bits per heavy atom. The Hall–Kier alpha value is -8.28. The molecule has 1 aromatic heterocycles. The van der Waals surface area contributed by atoms with Gasteiger partial charge in [0.05, 0.1) is 43.0 Å². The number of nitro groups is 1. The molecule has 18 heteroatoms. The van der Waals surface area contributed by atoms with Crippen molar-refractivity contribution < 1.29 is 47.8 Å². The van der Waals surface area contributed by atoms with Gasteiger partial charge in [0.25, 0.3) is 17.2 Å². The molecule has 1 fully saturated rings. The molecule has 5 atom stereocenters. The van der Waals surface area contributed by atoms with E-state index in [-0.39, 0.29) is 30.0 Å². The molecule has 1 aliphatic heterocycles. The Kier molecular flexibility index (Phi) is 16.5. The molecule has 0 saturated carbocycles. The monoisotopic (exact) mass is 1060 g/mol. The fraction of sp³-hybridized carbons (Fsp3) is 0.203. The highest BCUT2D eigenvalue weighted by Gasteiger charge is 2.48. The highest BCUT2D eigenvalue weighted by Crippen LogP contribution is 2.45. The topological polar surface area (TPSA) is 220 Å². The van der Waals surface area contributed by atoms with E-state index < -0.39 is 72.3 Å². The van der Waals surface area contributed by atoms with Gasteiger partial charge in [0.15, 0.2) is 13.4 Å². The summed E-state index contributed by atoms with van der Waals surface area (Å²) in [6.07, 6.45) is -5.03. The lowest BCUT2D eigenvalue weighted by Crippen LogP contribution is -2.41. The van der Waals surface area contributed by atoms with Gasteiger partial charge in [-0.05, 0) is 65.6 Å². The maximum absolute atomic E-state index is 15.3. The van der Waals surface area contributed by atoms with Crippen LogP contribution in [-0.4, -0.2) is 71.4 Å². The summed E-state index contributed by atoms with van der Waals surface area (Å²) in [6.45, 7) is 0.701. The summed E-state index contributed by atoms with van der Waals surface area (Å²) in [4.78, 5) is 53.7. The van der Waals surface area contributed by atoms with Crippen LogP contribution in [0.1, 0.15) is 57.4 Å². The number of carbonyl (C=O) groups excluding carboxylic acids is 1. The lowest BCUT2D eigenvalue weighted by Gasteiger charge is -2.37. The second-order valence-corrected chi connectivity index (χ2v) is 20.8. The predicted molar refractivity (Wildman–Crippen MR) is 289 cm³/mol. The minimum absolute atomic E-state index is 0.0600. The Morgan fingerprint density at radius 2 is 1.34 bits per heavy atom. The van der Waals surface area contributed by atoms with Crippen LogP contribution < -0.4 is 42.0 Å². The van der Waals surface area contributed by atoms with E-state index in [2.05, 4.69) is 10.3 Å². The van der Waals surface area contributed by atoms with E-state index in [9.17, 15) is 29.6 Å². The molecular weight excluding hydrogens is 1000 g/mol. The molecule has 7 aromatic carbocycles. The number of nitrogens with one attached hydrogen (secondary N) is 2. The van der Waals surface area contributed by atoms with Crippen molar-refractivity contribution in [1.29, 1.82) is 0 Å². The first-order valence-corrected chi connectivity index (χ1v) is 26.3. The van der Waals surface area contributed by atoms with E-state index in [4.69, 9.17) is 28.4 Å². The first-order valence-electron chi connectivity index (χ1n) is 24.6. The van der Waals surface area contributed by atoms with Crippen molar-refractivity contribution >= 4 is 34.7 Å². The molecule has 0 bridgehead atoms. The fourth-order valence-electron chi connectivity index (χ4n) is 9.61. The van der Waals surface area contributed by atoms with Crippen molar-refractivity contribution in [1.82, 2.24) is 14.9 Å². The number of H-pyrrole nitrogens is 1. The molecule has 1 amide bonds. The number of methoxy groups -OCH3 is 2. The molecule has 0 radical (unpaired) electrons. The van der Waals surface area contributed by atoms with E-state index in [0.717, 1.165) is 16.2 Å². The summed E-state index contributed by atoms with van der Waals surface area (Å²) in [7, 11) is -0.396. The molecule has 17 nitrogen and oxygen atoms in total. The van der Waals surface area contributed by atoms with E-state index in [1.807, 2.05) is 91.0 Å². The number of nitrogens with zero attached hydrogens (tertiary/aromatic N) is 2. The zero-order chi connectivity index (χ0) is 54.1. The number of hydrogen-bond acceptors (Lipinski definition) is 13. The molecule has 77 heavy (non-hydrogen) atoms. The van der Waals surface area contributed by atoms with Gasteiger partial charge in [0.2, 0.25) is 0 Å². The molecular formula is C59H55N4O13P. The highest BCUT2D eigenvalue weighted by atomic mass is 31.2. The number of aromatic amines is 1. The number of benzene rings is 7. The van der Waals surface area contributed by atoms with Crippen LogP contribution in [0.2, 0.25) is 0 Å². The van der Waals surface area contributed by atoms with Gasteiger partial charge in [-0.3, -0.25) is 29.3 Å². The van der Waals surface area contributed by atoms with Crippen LogP contribution in [0.5, 0.6) is 11.5 Å². The number of amides is 1. The Labute approximate surface area is 443 Å². The third-order valence-electron chi connectivity index (χ3n) is 13.6. The molecule has 2 heterocycles. The lowest BCUT2D eigenvalue weighted by atomic mass is 9.80. The average molecular weight is 1060 g/mol. The first-order chi connectivity index (χ1) is 37.3. The van der Waals surface area contributed by atoms with Gasteiger partial charge in [-0.25, -0.2) is 4.79 Å². The molecule has 0 aliphatic carbocycles. The number of aliphatic hydroxyl groups excluding tert-OH is 1. The number of aliphatic hydroxyl groups is 1. The van der Waals surface area contributed by atoms with Gasteiger partial charge >= 0.3 is 5.69 Å². The number of carbonyl (C=O) groups is 1. The van der Waals surface area contributed by atoms with Gasteiger partial charge in [0, 0.05) is 40.8 Å². The minimum Gasteiger partial charge on any atom is -0.497 e. The van der Waals surface area contributed by atoms with Crippen molar-refractivity contribution in [3.63, 3.8) is 0 Å². The van der Waals surface area contributed by atoms with Crippen molar-refractivity contribution in [2.24, 2.45) is 0 Å². The van der Waals surface area contributed by atoms with E-state index >= 15 is 4.57 Å². The van der Waals surface area contributed by atoms with Gasteiger partial charge in [-0.15, -0.1) is 0 Å². The van der Waals surface area contributed by atoms with E-state index in [0.29, 0.717) is 44.1 Å². The number of aromatic nitrogens is 2. The van der Waals surface area contributed by atoms with E-state index in [1.165, 1.54) is 18.3 Å². The van der Waals surface area contributed by atoms with Crippen molar-refractivity contribution in [3.8, 4) is 11.5 Å². The Bertz CT molecular complexity index is 3400. The fourth-order valence-corrected chi connectivity index (χ4v) is 12.5. The third-order valence-corrected chi connectivity index (χ3v) is 16.7. The molecule has 394 valence electrons. The van der Waals surface area contributed by atoms with Crippen molar-refractivity contribution in [2.75, 3.05) is 27.6 Å². The van der Waals surface area contributed by atoms with Crippen LogP contribution in [0.3, 0.4) is 0 Å². The van der Waals surface area contributed by atoms with Crippen LogP contribution in [0.4, 0.5) is 5.69 Å². The van der Waals surface area contributed by atoms with Crippen LogP contribution in [-0.2, 0) is 35.7 Å². The quantitative estimate of drug-likeness (QED) is 0.0210. The molecule has 1 aliphatic rings. The number of nitro benzene ring substituents is 1. The summed E-state index contributed by atoms with van der Waals surface area (Å²) in [6, 6.07) is 54.5. The molecule has 8 aromatic rings. The summed E-state index contributed by atoms with van der Waals surface area (Å²) < 4.78 is 53.1. The smallest absolute Gasteiger partial charge is 0.330 e. The minimum atomic E-state index is -3.54. The lowest BCUT2D eigenvalue weighted by molar-refractivity contribution is -0.386. The summed E-state index contributed by atoms with van der Waals surface area (Å²) in [5, 5.41) is 28.9. The Morgan fingerprint density at radius 1 is 0.779 bits per heavy atom. The second kappa shape index (κ2) is 23.7. The second-order valence-electron chi connectivity index (χ2n) is 18.1. The van der Waals surface area contributed by atoms with Crippen LogP contribution >= 0.6 is 7.14 Å². The van der Waals surface area contributed by atoms with Gasteiger partial charge in [-0.2, -0.15) is 0 Å². The first kappa shape index (κ1) is 53.5. The number of ether oxygens (including phenoxy) is 6. The van der Waals surface area contributed by atoms with Gasteiger partial charge < -0.3 is 43.4 Å². The summed E-state index contributed by atoms with van der Waals surface area (Å²) >= 11 is 0. The highest BCUT2D eigenvalue weighted by molar-refractivity contribution is 7.85. The zero-order valence-corrected chi connectivity index (χ0v) is 43.1. The van der Waals surface area contributed by atoms with Crippen molar-refractivity contribution in [2.45, 2.75) is 49.7 Å². The molecule has 9 rings (SSSR count). The average Bonchev–Trinajstić information content (AvgIpc) is 3.85. The standard InChI is InChI=1S/C59H55N4O13P/c1-39(49-35-40(23-32-50(49)63(68)69)36-60-56(66)48-21-13-14-22-52(48)77(70,46-17-9-5-10-18-46)47-19-11-6-12-20-47)73-38-74-55-54(65)51(76-57(55)62-34-33-53(64)61-58(62)67)37-75-59(41-15-7-4-8-16-41,42-24-28-44(71-2)29-25-42)43-26-30-45(72-3)31-27-43/h4-35,39,51,54-55,57,65H,36-38H2,1-3H3,(H,60,66)(H,61,64,67)/t39?,51-,54-,55-,57-/m1/s1. The van der Waals surface area contributed by atoms with Crippen LogP contribution in [0, 0.1) is 10.1 Å². The molecule has 3 N–H and O–H groups in total. The molecule has 1 unspecified atom stereocenters. The zero-order valence-electron chi connectivity index (χ0n) is 42.2. The predicted octanol–water partition coefficient (Wildman–Crippen LogP) is 7.42. The van der Waals surface area contributed by atoms with Gasteiger partial charge in [0.1, 0.15) is 42.2 Å². The van der Waals surface area contributed by atoms with Crippen LogP contribution in [0.15, 0.2) is 204 Å². The maximum Gasteiger partial charge on any atom is 0.330 e. The number of hydrogen-bond donors (Lipinski definition) is 3. The number of rotatable bonds is 21. The normalized spacial score (nSPS) is 16.8. The SMILES string of the molecule is COc1ccc(C(OC[C@H]2O[C@@H](n3ccc(=O)[nH]c3=O)[C@H](OCOC(C)c3cc(CNC(=O)c4ccccc4P(=O)(c4ccccc4)c4ccccc4)ccc3[N+](=O)[O-])[C@@H]2O)(c2ccccc2)c2ccc(OC)cc2)cc1. The van der Waals surface area contributed by atoms with E-state index in [1.54, 1.807) is 100 Å². The van der Waals surface area contributed by atoms with Gasteiger partial charge in [-0.1, -0.05) is 140 Å². The summed E-state index contributed by atoms with van der Waals surface area (Å²) in [5.41, 5.74) is -0.0368. The largest absolute Gasteiger partial charge is 0.497 e. The van der Waals surface area contributed by atoms with Crippen molar-refractivity contribution in [3.05, 3.63) is 259 Å². The molecule has 0 spiro atoms. The third kappa shape index (κ3) is 11.2. The Balaban J connectivity index is 0.950. The summed E-state index contributed by atoms with van der Waals surface area (Å²) in [5.74, 6) is 0.731. The van der Waals surface area contributed by atoms with Crippen LogP contribution in [0.25, 0.3) is 0 Å². The molecule has 1 saturated heterocycles. The maximum atomic E-state index is 15.3.